The lowest BCUT2D eigenvalue weighted by Gasteiger charge is -2.28. The Morgan fingerprint density at radius 2 is 1.75 bits per heavy atom. The van der Waals surface area contributed by atoms with Gasteiger partial charge < -0.3 is 20.1 Å². The fourth-order valence-electron chi connectivity index (χ4n) is 2.73. The first-order valence-corrected chi connectivity index (χ1v) is 8.18. The van der Waals surface area contributed by atoms with Gasteiger partial charge in [0.1, 0.15) is 0 Å². The van der Waals surface area contributed by atoms with E-state index in [-0.39, 0.29) is 12.5 Å². The van der Waals surface area contributed by atoms with E-state index < -0.39 is 6.10 Å². The van der Waals surface area contributed by atoms with Gasteiger partial charge in [0.15, 0.2) is 0 Å². The van der Waals surface area contributed by atoms with E-state index >= 15 is 0 Å². The minimum absolute atomic E-state index is 0.182. The summed E-state index contributed by atoms with van der Waals surface area (Å²) in [6.07, 6.45) is -0.706. The number of anilines is 1. The lowest BCUT2D eigenvalue weighted by atomic mass is 10.1. The lowest BCUT2D eigenvalue weighted by Crippen LogP contribution is -2.36. The van der Waals surface area contributed by atoms with Gasteiger partial charge in [-0.2, -0.15) is 0 Å². The summed E-state index contributed by atoms with van der Waals surface area (Å²) >= 11 is 0. The van der Waals surface area contributed by atoms with Crippen LogP contribution >= 0.6 is 0 Å². The van der Waals surface area contributed by atoms with E-state index in [0.29, 0.717) is 5.56 Å². The fourth-order valence-corrected chi connectivity index (χ4v) is 2.73. The molecule has 0 aromatic heterocycles. The molecule has 1 saturated heterocycles. The van der Waals surface area contributed by atoms with Crippen LogP contribution in [0.3, 0.4) is 0 Å². The molecule has 2 aromatic carbocycles. The summed E-state index contributed by atoms with van der Waals surface area (Å²) in [5, 5.41) is 12.9. The summed E-state index contributed by atoms with van der Waals surface area (Å²) in [4.78, 5) is 14.5. The lowest BCUT2D eigenvalue weighted by molar-refractivity contribution is 0.0916. The van der Waals surface area contributed by atoms with Crippen LogP contribution in [0.1, 0.15) is 22.0 Å². The van der Waals surface area contributed by atoms with Crippen LogP contribution in [-0.4, -0.2) is 43.9 Å². The Labute approximate surface area is 141 Å². The number of benzene rings is 2. The molecule has 1 fully saturated rings. The first kappa shape index (κ1) is 16.5. The van der Waals surface area contributed by atoms with Crippen molar-refractivity contribution in [3.8, 4) is 0 Å². The number of morpholine rings is 1. The van der Waals surface area contributed by atoms with Crippen molar-refractivity contribution >= 4 is 11.6 Å². The third-order valence-electron chi connectivity index (χ3n) is 4.15. The van der Waals surface area contributed by atoms with Crippen molar-refractivity contribution in [2.75, 3.05) is 37.7 Å². The minimum atomic E-state index is -0.706. The quantitative estimate of drug-likeness (QED) is 0.882. The number of aliphatic hydroxyl groups excluding tert-OH is 1. The van der Waals surface area contributed by atoms with Crippen LogP contribution in [0.5, 0.6) is 0 Å². The van der Waals surface area contributed by atoms with E-state index in [9.17, 15) is 9.90 Å². The Bertz CT molecular complexity index is 652. The molecule has 0 radical (unpaired) electrons. The highest BCUT2D eigenvalue weighted by molar-refractivity contribution is 5.94. The van der Waals surface area contributed by atoms with Crippen molar-refractivity contribution in [3.63, 3.8) is 0 Å². The normalized spacial score (nSPS) is 15.8. The van der Waals surface area contributed by atoms with E-state index in [1.807, 2.05) is 54.6 Å². The number of carbonyl (C=O) groups is 1. The minimum Gasteiger partial charge on any atom is -0.387 e. The van der Waals surface area contributed by atoms with Crippen LogP contribution in [0.4, 0.5) is 5.69 Å². The Balaban J connectivity index is 1.55. The van der Waals surface area contributed by atoms with E-state index in [2.05, 4.69) is 10.2 Å². The summed E-state index contributed by atoms with van der Waals surface area (Å²) in [5.41, 5.74) is 2.48. The van der Waals surface area contributed by atoms with Crippen LogP contribution in [0, 0.1) is 0 Å². The number of nitrogens with zero attached hydrogens (tertiary/aromatic N) is 1. The van der Waals surface area contributed by atoms with E-state index in [1.54, 1.807) is 0 Å². The largest absolute Gasteiger partial charge is 0.387 e. The van der Waals surface area contributed by atoms with Gasteiger partial charge in [-0.25, -0.2) is 0 Å². The zero-order valence-corrected chi connectivity index (χ0v) is 13.5. The van der Waals surface area contributed by atoms with Gasteiger partial charge in [-0.05, 0) is 29.8 Å². The SMILES string of the molecule is O=C(NCC(O)c1ccccc1)c1ccc(N2CCOCC2)cc1. The first-order chi connectivity index (χ1) is 11.7. The molecule has 1 unspecified atom stereocenters. The monoisotopic (exact) mass is 326 g/mol. The van der Waals surface area contributed by atoms with Crippen molar-refractivity contribution < 1.29 is 14.6 Å². The summed E-state index contributed by atoms with van der Waals surface area (Å²) in [5.74, 6) is -0.182. The van der Waals surface area contributed by atoms with Gasteiger partial charge in [0.2, 0.25) is 0 Å². The molecule has 2 aromatic rings. The molecule has 1 atom stereocenters. The van der Waals surface area contributed by atoms with E-state index in [4.69, 9.17) is 4.74 Å². The van der Waals surface area contributed by atoms with Crippen LogP contribution < -0.4 is 10.2 Å². The highest BCUT2D eigenvalue weighted by Crippen LogP contribution is 2.17. The van der Waals surface area contributed by atoms with Gasteiger partial charge in [-0.1, -0.05) is 30.3 Å². The predicted octanol–water partition coefficient (Wildman–Crippen LogP) is 1.99. The first-order valence-electron chi connectivity index (χ1n) is 8.18. The molecule has 0 bridgehead atoms. The van der Waals surface area contributed by atoms with Gasteiger partial charge in [-0.3, -0.25) is 4.79 Å². The molecule has 5 nitrogen and oxygen atoms in total. The van der Waals surface area contributed by atoms with Crippen LogP contribution in [0.25, 0.3) is 0 Å². The second-order valence-corrected chi connectivity index (χ2v) is 5.78. The maximum atomic E-state index is 12.2. The Kier molecular flexibility index (Phi) is 5.46. The van der Waals surface area contributed by atoms with Crippen LogP contribution in [0.2, 0.25) is 0 Å². The molecule has 1 aliphatic heterocycles. The van der Waals surface area contributed by atoms with Crippen molar-refractivity contribution in [2.45, 2.75) is 6.10 Å². The standard InChI is InChI=1S/C19H22N2O3/c22-18(15-4-2-1-3-5-15)14-20-19(23)16-6-8-17(9-7-16)21-10-12-24-13-11-21/h1-9,18,22H,10-14H2,(H,20,23). The Hall–Kier alpha value is -2.37. The number of ether oxygens (including phenoxy) is 1. The van der Waals surface area contributed by atoms with Crippen molar-refractivity contribution in [2.24, 2.45) is 0 Å². The van der Waals surface area contributed by atoms with Gasteiger partial charge in [0.25, 0.3) is 5.91 Å². The number of hydrogen-bond acceptors (Lipinski definition) is 4. The summed E-state index contributed by atoms with van der Waals surface area (Å²) in [7, 11) is 0. The van der Waals surface area contributed by atoms with Gasteiger partial charge in [0, 0.05) is 30.9 Å². The molecule has 2 N–H and O–H groups in total. The zero-order valence-electron chi connectivity index (χ0n) is 13.5. The Morgan fingerprint density at radius 3 is 2.42 bits per heavy atom. The van der Waals surface area contributed by atoms with Crippen molar-refractivity contribution in [3.05, 3.63) is 65.7 Å². The molecule has 1 amide bonds. The molecule has 3 rings (SSSR count). The maximum absolute atomic E-state index is 12.2. The molecule has 0 saturated carbocycles. The van der Waals surface area contributed by atoms with Crippen molar-refractivity contribution in [1.29, 1.82) is 0 Å². The third-order valence-corrected chi connectivity index (χ3v) is 4.15. The predicted molar refractivity (Wildman–Crippen MR) is 93.2 cm³/mol. The highest BCUT2D eigenvalue weighted by Gasteiger charge is 2.13. The topological polar surface area (TPSA) is 61.8 Å². The number of rotatable bonds is 5. The maximum Gasteiger partial charge on any atom is 0.251 e. The summed E-state index contributed by atoms with van der Waals surface area (Å²) in [6.45, 7) is 3.40. The molecular weight excluding hydrogens is 304 g/mol. The smallest absolute Gasteiger partial charge is 0.251 e. The van der Waals surface area contributed by atoms with Crippen LogP contribution in [-0.2, 0) is 4.74 Å². The molecule has 1 heterocycles. The average Bonchev–Trinajstić information content (AvgIpc) is 2.67. The second kappa shape index (κ2) is 7.95. The van der Waals surface area contributed by atoms with Gasteiger partial charge >= 0.3 is 0 Å². The molecule has 5 heteroatoms. The fraction of sp³-hybridized carbons (Fsp3) is 0.316. The Morgan fingerprint density at radius 1 is 1.08 bits per heavy atom. The average molecular weight is 326 g/mol. The van der Waals surface area contributed by atoms with Crippen LogP contribution in [0.15, 0.2) is 54.6 Å². The van der Waals surface area contributed by atoms with E-state index in [1.165, 1.54) is 0 Å². The number of nitrogens with one attached hydrogen (secondary N) is 1. The summed E-state index contributed by atoms with van der Waals surface area (Å²) in [6, 6.07) is 16.8. The third kappa shape index (κ3) is 4.13. The number of hydrogen-bond donors (Lipinski definition) is 2. The van der Waals surface area contributed by atoms with Gasteiger partial charge in [0.05, 0.1) is 19.3 Å². The molecule has 0 aliphatic carbocycles. The molecular formula is C19H22N2O3. The number of carbonyl (C=O) groups excluding carboxylic acids is 1. The van der Waals surface area contributed by atoms with Gasteiger partial charge in [-0.15, -0.1) is 0 Å². The zero-order chi connectivity index (χ0) is 16.8. The van der Waals surface area contributed by atoms with Crippen molar-refractivity contribution in [1.82, 2.24) is 5.32 Å². The summed E-state index contributed by atoms with van der Waals surface area (Å²) < 4.78 is 5.34. The molecule has 1 aliphatic rings. The molecule has 24 heavy (non-hydrogen) atoms. The number of aliphatic hydroxyl groups is 1. The second-order valence-electron chi connectivity index (χ2n) is 5.78. The van der Waals surface area contributed by atoms with E-state index in [0.717, 1.165) is 37.6 Å². The number of amides is 1. The highest BCUT2D eigenvalue weighted by atomic mass is 16.5. The molecule has 0 spiro atoms. The molecule has 126 valence electrons.